The largest absolute Gasteiger partial charge is 0.478 e. The highest BCUT2D eigenvalue weighted by molar-refractivity contribution is 8.00. The van der Waals surface area contributed by atoms with Crippen LogP contribution in [-0.2, 0) is 6.18 Å². The molecule has 0 aliphatic rings. The second-order valence-corrected chi connectivity index (χ2v) is 8.97. The molecule has 0 amide bonds. The first-order chi connectivity index (χ1) is 17.3. The lowest BCUT2D eigenvalue weighted by atomic mass is 10.0. The smallest absolute Gasteiger partial charge is 0.416 e. The van der Waals surface area contributed by atoms with Gasteiger partial charge in [-0.05, 0) is 83.7 Å². The molecule has 0 bridgehead atoms. The molecule has 8 heteroatoms. The van der Waals surface area contributed by atoms with E-state index in [0.717, 1.165) is 44.9 Å². The molecule has 180 valence electrons. The van der Waals surface area contributed by atoms with Crippen LogP contribution in [-0.4, -0.2) is 15.6 Å². The molecule has 0 unspecified atom stereocenters. The molecule has 5 rings (SSSR count). The van der Waals surface area contributed by atoms with Gasteiger partial charge < -0.3 is 14.4 Å². The fourth-order valence-electron chi connectivity index (χ4n) is 4.01. The van der Waals surface area contributed by atoms with Crippen molar-refractivity contribution in [1.29, 1.82) is 0 Å². The van der Waals surface area contributed by atoms with Crippen LogP contribution in [0.2, 0.25) is 0 Å². The van der Waals surface area contributed by atoms with E-state index in [1.165, 1.54) is 24.1 Å². The Hall–Kier alpha value is -4.17. The maximum Gasteiger partial charge on any atom is 0.416 e. The molecule has 0 fully saturated rings. The minimum absolute atomic E-state index is 0.221. The third kappa shape index (κ3) is 4.81. The van der Waals surface area contributed by atoms with E-state index < -0.39 is 17.7 Å². The van der Waals surface area contributed by atoms with Crippen molar-refractivity contribution in [3.63, 3.8) is 0 Å². The maximum atomic E-state index is 13.0. The van der Waals surface area contributed by atoms with Crippen LogP contribution in [0.3, 0.4) is 0 Å². The summed E-state index contributed by atoms with van der Waals surface area (Å²) in [5.41, 5.74) is 3.76. The van der Waals surface area contributed by atoms with Gasteiger partial charge in [0, 0.05) is 27.9 Å². The Labute approximate surface area is 209 Å². The summed E-state index contributed by atoms with van der Waals surface area (Å²) in [5.74, 6) is -0.977. The molecule has 4 aromatic carbocycles. The van der Waals surface area contributed by atoms with Crippen LogP contribution in [0.5, 0.6) is 0 Å². The molecular formula is C28H19F3N2O2S. The zero-order valence-corrected chi connectivity index (χ0v) is 19.5. The number of fused-ring (bicyclic) bond motifs is 1. The number of alkyl halides is 3. The molecule has 0 aliphatic heterocycles. The predicted octanol–water partition coefficient (Wildman–Crippen LogP) is 8.13. The van der Waals surface area contributed by atoms with E-state index in [2.05, 4.69) is 4.72 Å². The first-order valence-electron chi connectivity index (χ1n) is 10.9. The summed E-state index contributed by atoms with van der Waals surface area (Å²) >= 11 is 1.31. The Morgan fingerprint density at radius 1 is 0.861 bits per heavy atom. The van der Waals surface area contributed by atoms with Gasteiger partial charge in [0.2, 0.25) is 0 Å². The number of carboxylic acid groups (broad SMARTS) is 1. The van der Waals surface area contributed by atoms with Crippen molar-refractivity contribution in [3.8, 4) is 16.8 Å². The number of hydrogen-bond donors (Lipinski definition) is 2. The molecule has 0 saturated heterocycles. The molecule has 1 aromatic heterocycles. The summed E-state index contributed by atoms with van der Waals surface area (Å²) < 4.78 is 44.2. The number of nitrogens with zero attached hydrogens (tertiary/aromatic N) is 1. The van der Waals surface area contributed by atoms with Crippen LogP contribution in [0.15, 0.2) is 108 Å². The zero-order valence-electron chi connectivity index (χ0n) is 18.7. The van der Waals surface area contributed by atoms with Crippen LogP contribution < -0.4 is 4.72 Å². The summed E-state index contributed by atoms with van der Waals surface area (Å²) in [6.45, 7) is 0. The second kappa shape index (κ2) is 9.47. The monoisotopic (exact) mass is 504 g/mol. The molecule has 0 spiro atoms. The molecule has 0 aliphatic carbocycles. The average molecular weight is 505 g/mol. The molecule has 4 nitrogen and oxygen atoms in total. The summed E-state index contributed by atoms with van der Waals surface area (Å²) in [6.07, 6.45) is -2.44. The highest BCUT2D eigenvalue weighted by Crippen LogP contribution is 2.34. The van der Waals surface area contributed by atoms with Crippen LogP contribution >= 0.6 is 11.9 Å². The fourth-order valence-corrected chi connectivity index (χ4v) is 4.71. The number of anilines is 1. The quantitative estimate of drug-likeness (QED) is 0.229. The van der Waals surface area contributed by atoms with Gasteiger partial charge in [0.25, 0.3) is 0 Å². The van der Waals surface area contributed by atoms with Gasteiger partial charge in [0.15, 0.2) is 0 Å². The fraction of sp³-hybridized carbons (Fsp3) is 0.0357. The normalized spacial score (nSPS) is 11.5. The number of halogens is 3. The second-order valence-electron chi connectivity index (χ2n) is 8.09. The first-order valence-corrected chi connectivity index (χ1v) is 11.8. The zero-order chi connectivity index (χ0) is 25.3. The van der Waals surface area contributed by atoms with E-state index >= 15 is 0 Å². The van der Waals surface area contributed by atoms with Crippen LogP contribution in [0.1, 0.15) is 15.9 Å². The Balaban J connectivity index is 1.42. The maximum absolute atomic E-state index is 13.0. The van der Waals surface area contributed by atoms with Crippen molar-refractivity contribution in [3.05, 3.63) is 114 Å². The molecular weight excluding hydrogens is 485 g/mol. The van der Waals surface area contributed by atoms with Crippen LogP contribution in [0, 0.1) is 0 Å². The Morgan fingerprint density at radius 2 is 1.61 bits per heavy atom. The summed E-state index contributed by atoms with van der Waals surface area (Å²) in [6, 6.07) is 27.3. The molecule has 5 aromatic rings. The number of rotatable bonds is 6. The number of carbonyl (C=O) groups is 1. The topological polar surface area (TPSA) is 54.3 Å². The summed E-state index contributed by atoms with van der Waals surface area (Å²) in [5, 5.41) is 10.1. The van der Waals surface area contributed by atoms with Crippen molar-refractivity contribution in [2.45, 2.75) is 11.1 Å². The van der Waals surface area contributed by atoms with E-state index in [1.54, 1.807) is 18.2 Å². The molecule has 0 atom stereocenters. The van der Waals surface area contributed by atoms with Crippen LogP contribution in [0.25, 0.3) is 27.7 Å². The van der Waals surface area contributed by atoms with Gasteiger partial charge in [-0.1, -0.05) is 36.4 Å². The Morgan fingerprint density at radius 3 is 2.36 bits per heavy atom. The van der Waals surface area contributed by atoms with E-state index in [4.69, 9.17) is 0 Å². The van der Waals surface area contributed by atoms with Gasteiger partial charge in [-0.2, -0.15) is 13.2 Å². The number of carboxylic acids is 1. The SMILES string of the molecule is O=C(O)c1cccc(SNc2cccc(-n3ccc4c(-c5ccc(C(F)(F)F)cc5)cccc43)c2)c1. The number of aromatic nitrogens is 1. The molecule has 0 saturated carbocycles. The van der Waals surface area contributed by atoms with Crippen molar-refractivity contribution in [1.82, 2.24) is 4.57 Å². The lowest BCUT2D eigenvalue weighted by Gasteiger charge is -2.11. The van der Waals surface area contributed by atoms with Gasteiger partial charge >= 0.3 is 12.1 Å². The number of aromatic carboxylic acids is 1. The third-order valence-corrected chi connectivity index (χ3v) is 6.58. The highest BCUT2D eigenvalue weighted by Gasteiger charge is 2.30. The number of benzene rings is 4. The molecule has 2 N–H and O–H groups in total. The van der Waals surface area contributed by atoms with E-state index in [-0.39, 0.29) is 5.56 Å². The lowest BCUT2D eigenvalue weighted by Crippen LogP contribution is -2.03. The van der Waals surface area contributed by atoms with E-state index in [1.807, 2.05) is 65.4 Å². The van der Waals surface area contributed by atoms with Gasteiger partial charge in [0.05, 0.1) is 16.6 Å². The molecule has 36 heavy (non-hydrogen) atoms. The molecule has 0 radical (unpaired) electrons. The van der Waals surface area contributed by atoms with Gasteiger partial charge in [0.1, 0.15) is 0 Å². The van der Waals surface area contributed by atoms with Gasteiger partial charge in [-0.25, -0.2) is 4.79 Å². The highest BCUT2D eigenvalue weighted by atomic mass is 32.2. The minimum Gasteiger partial charge on any atom is -0.478 e. The Kier molecular flexibility index (Phi) is 6.20. The van der Waals surface area contributed by atoms with Gasteiger partial charge in [-0.3, -0.25) is 0 Å². The van der Waals surface area contributed by atoms with Crippen LogP contribution in [0.4, 0.5) is 18.9 Å². The standard InChI is InChI=1S/C28H19F3N2O2S/c29-28(30,31)20-12-10-18(11-13-20)24-8-3-9-26-25(24)14-15-33(26)22-6-2-5-21(17-22)32-36-23-7-1-4-19(16-23)27(34)35/h1-17,32H,(H,34,35). The van der Waals surface area contributed by atoms with E-state index in [9.17, 15) is 23.1 Å². The lowest BCUT2D eigenvalue weighted by molar-refractivity contribution is -0.137. The Bertz CT molecular complexity index is 1560. The van der Waals surface area contributed by atoms with Gasteiger partial charge in [-0.15, -0.1) is 0 Å². The first kappa shape index (κ1) is 23.6. The minimum atomic E-state index is -4.37. The van der Waals surface area contributed by atoms with Crippen molar-refractivity contribution >= 4 is 34.5 Å². The summed E-state index contributed by atoms with van der Waals surface area (Å²) in [7, 11) is 0. The summed E-state index contributed by atoms with van der Waals surface area (Å²) in [4.78, 5) is 12.0. The predicted molar refractivity (Wildman–Crippen MR) is 137 cm³/mol. The van der Waals surface area contributed by atoms with Crippen molar-refractivity contribution in [2.24, 2.45) is 0 Å². The number of nitrogens with one attached hydrogen (secondary N) is 1. The van der Waals surface area contributed by atoms with Crippen molar-refractivity contribution in [2.75, 3.05) is 4.72 Å². The number of hydrogen-bond acceptors (Lipinski definition) is 3. The van der Waals surface area contributed by atoms with Crippen molar-refractivity contribution < 1.29 is 23.1 Å². The average Bonchev–Trinajstić information content (AvgIpc) is 3.32. The molecule has 1 heterocycles. The van der Waals surface area contributed by atoms with E-state index in [0.29, 0.717) is 5.56 Å². The third-order valence-electron chi connectivity index (χ3n) is 5.75.